The molecule has 94 valence electrons. The average Bonchev–Trinajstić information content (AvgIpc) is 2.83. The standard InChI is InChI=1S/C10H14N2O3S2/c1-8-7-12(5-4-9(8)11-13)17(14,15)10-3-2-6-16-10/h2-3,6,8,13H,4-5,7H2,1H3/b11-9+. The molecule has 1 saturated heterocycles. The molecule has 5 nitrogen and oxygen atoms in total. The second kappa shape index (κ2) is 4.75. The smallest absolute Gasteiger partial charge is 0.252 e. The molecule has 1 aliphatic heterocycles. The molecule has 2 heterocycles. The van der Waals surface area contributed by atoms with E-state index in [0.29, 0.717) is 29.4 Å². The van der Waals surface area contributed by atoms with E-state index in [2.05, 4.69) is 5.16 Å². The van der Waals surface area contributed by atoms with Crippen LogP contribution in [0.1, 0.15) is 13.3 Å². The van der Waals surface area contributed by atoms with Gasteiger partial charge in [-0.2, -0.15) is 4.31 Å². The summed E-state index contributed by atoms with van der Waals surface area (Å²) in [5.74, 6) is -0.0384. The van der Waals surface area contributed by atoms with Gasteiger partial charge in [-0.05, 0) is 11.4 Å². The number of sulfonamides is 1. The van der Waals surface area contributed by atoms with Crippen molar-refractivity contribution in [2.24, 2.45) is 11.1 Å². The minimum Gasteiger partial charge on any atom is -0.411 e. The quantitative estimate of drug-likeness (QED) is 0.658. The lowest BCUT2D eigenvalue weighted by atomic mass is 10.00. The van der Waals surface area contributed by atoms with E-state index in [-0.39, 0.29) is 5.92 Å². The molecule has 0 saturated carbocycles. The highest BCUT2D eigenvalue weighted by Gasteiger charge is 2.32. The van der Waals surface area contributed by atoms with E-state index in [1.807, 2.05) is 6.92 Å². The number of oxime groups is 1. The number of thiophene rings is 1. The predicted molar refractivity (Wildman–Crippen MR) is 66.1 cm³/mol. The van der Waals surface area contributed by atoms with E-state index in [1.54, 1.807) is 17.5 Å². The summed E-state index contributed by atoms with van der Waals surface area (Å²) in [5, 5.41) is 13.7. The van der Waals surface area contributed by atoms with Crippen LogP contribution < -0.4 is 0 Å². The van der Waals surface area contributed by atoms with Gasteiger partial charge in [-0.25, -0.2) is 8.42 Å². The van der Waals surface area contributed by atoms with Gasteiger partial charge >= 0.3 is 0 Å². The van der Waals surface area contributed by atoms with Crippen molar-refractivity contribution >= 4 is 27.1 Å². The maximum atomic E-state index is 12.2. The summed E-state index contributed by atoms with van der Waals surface area (Å²) < 4.78 is 26.3. The van der Waals surface area contributed by atoms with Gasteiger partial charge in [0.2, 0.25) is 0 Å². The van der Waals surface area contributed by atoms with Gasteiger partial charge in [-0.3, -0.25) is 0 Å². The van der Waals surface area contributed by atoms with E-state index in [9.17, 15) is 8.42 Å². The Morgan fingerprint density at radius 2 is 2.35 bits per heavy atom. The molecule has 1 aromatic heterocycles. The van der Waals surface area contributed by atoms with Crippen LogP contribution in [-0.2, 0) is 10.0 Å². The third kappa shape index (κ3) is 2.36. The first-order valence-electron chi connectivity index (χ1n) is 5.30. The summed E-state index contributed by atoms with van der Waals surface area (Å²) in [6.45, 7) is 2.62. The molecule has 1 unspecified atom stereocenters. The van der Waals surface area contributed by atoms with Crippen LogP contribution in [0.15, 0.2) is 26.9 Å². The fraction of sp³-hybridized carbons (Fsp3) is 0.500. The molecule has 1 N–H and O–H groups in total. The van der Waals surface area contributed by atoms with Crippen molar-refractivity contribution in [2.75, 3.05) is 13.1 Å². The second-order valence-corrected chi connectivity index (χ2v) is 7.15. The Morgan fingerprint density at radius 1 is 1.59 bits per heavy atom. The third-order valence-corrected chi connectivity index (χ3v) is 6.12. The Balaban J connectivity index is 2.21. The Kier molecular flexibility index (Phi) is 3.50. The van der Waals surface area contributed by atoms with Crippen LogP contribution in [0, 0.1) is 5.92 Å². The number of nitrogens with zero attached hydrogens (tertiary/aromatic N) is 2. The summed E-state index contributed by atoms with van der Waals surface area (Å²) in [6.07, 6.45) is 0.488. The molecule has 1 aromatic rings. The van der Waals surface area contributed by atoms with Crippen molar-refractivity contribution in [3.05, 3.63) is 17.5 Å². The zero-order valence-corrected chi connectivity index (χ0v) is 11.0. The second-order valence-electron chi connectivity index (χ2n) is 4.04. The number of piperidine rings is 1. The molecule has 1 atom stereocenters. The van der Waals surface area contributed by atoms with Crippen LogP contribution in [0.3, 0.4) is 0 Å². The van der Waals surface area contributed by atoms with Crippen molar-refractivity contribution in [1.82, 2.24) is 4.31 Å². The topological polar surface area (TPSA) is 70.0 Å². The van der Waals surface area contributed by atoms with Gasteiger partial charge in [0, 0.05) is 25.4 Å². The van der Waals surface area contributed by atoms with E-state index in [1.165, 1.54) is 15.6 Å². The normalized spacial score (nSPS) is 25.2. The maximum Gasteiger partial charge on any atom is 0.252 e. The van der Waals surface area contributed by atoms with E-state index in [0.717, 1.165) is 0 Å². The highest BCUT2D eigenvalue weighted by Crippen LogP contribution is 2.25. The van der Waals surface area contributed by atoms with Crippen LogP contribution in [0.2, 0.25) is 0 Å². The summed E-state index contributed by atoms with van der Waals surface area (Å²) in [6, 6.07) is 3.34. The zero-order chi connectivity index (χ0) is 12.5. The molecule has 1 aliphatic rings. The molecule has 0 bridgehead atoms. The minimum absolute atomic E-state index is 0.0384. The lowest BCUT2D eigenvalue weighted by molar-refractivity contribution is 0.300. The lowest BCUT2D eigenvalue weighted by Gasteiger charge is -2.30. The number of rotatable bonds is 2. The predicted octanol–water partition coefficient (Wildman–Crippen LogP) is 1.61. The van der Waals surface area contributed by atoms with Gasteiger partial charge in [0.15, 0.2) is 0 Å². The SMILES string of the molecule is CC1CN(S(=O)(=O)c2cccs2)CC/C1=N\O. The van der Waals surface area contributed by atoms with Crippen molar-refractivity contribution in [2.45, 2.75) is 17.6 Å². The first-order valence-corrected chi connectivity index (χ1v) is 7.62. The van der Waals surface area contributed by atoms with Crippen LogP contribution in [0.4, 0.5) is 0 Å². The average molecular weight is 274 g/mol. The number of hydrogen-bond acceptors (Lipinski definition) is 5. The van der Waals surface area contributed by atoms with Gasteiger partial charge in [0.25, 0.3) is 10.0 Å². The summed E-state index contributed by atoms with van der Waals surface area (Å²) >= 11 is 1.22. The fourth-order valence-corrected chi connectivity index (χ4v) is 4.57. The first-order chi connectivity index (χ1) is 8.05. The maximum absolute atomic E-state index is 12.2. The summed E-state index contributed by atoms with van der Waals surface area (Å²) in [4.78, 5) is 0. The molecular formula is C10H14N2O3S2. The molecular weight excluding hydrogens is 260 g/mol. The van der Waals surface area contributed by atoms with Crippen molar-refractivity contribution in [1.29, 1.82) is 0 Å². The zero-order valence-electron chi connectivity index (χ0n) is 9.41. The van der Waals surface area contributed by atoms with Gasteiger partial charge in [-0.15, -0.1) is 11.3 Å². The first kappa shape index (κ1) is 12.5. The minimum atomic E-state index is -3.37. The molecule has 7 heteroatoms. The fourth-order valence-electron chi connectivity index (χ4n) is 1.89. The molecule has 2 rings (SSSR count). The van der Waals surface area contributed by atoms with E-state index < -0.39 is 10.0 Å². The molecule has 1 fully saturated rings. The third-order valence-electron chi connectivity index (χ3n) is 2.88. The Labute approximate surface area is 104 Å². The van der Waals surface area contributed by atoms with Gasteiger partial charge in [0.1, 0.15) is 4.21 Å². The molecule has 0 amide bonds. The number of hydrogen-bond donors (Lipinski definition) is 1. The highest BCUT2D eigenvalue weighted by molar-refractivity contribution is 7.91. The van der Waals surface area contributed by atoms with Crippen LogP contribution in [0.5, 0.6) is 0 Å². The van der Waals surface area contributed by atoms with Crippen molar-refractivity contribution in [3.63, 3.8) is 0 Å². The molecule has 0 spiro atoms. The Morgan fingerprint density at radius 3 is 2.88 bits per heavy atom. The lowest BCUT2D eigenvalue weighted by Crippen LogP contribution is -2.42. The molecule has 17 heavy (non-hydrogen) atoms. The van der Waals surface area contributed by atoms with Crippen molar-refractivity contribution < 1.29 is 13.6 Å². The summed E-state index contributed by atoms with van der Waals surface area (Å²) in [5.41, 5.74) is 0.669. The highest BCUT2D eigenvalue weighted by atomic mass is 32.2. The van der Waals surface area contributed by atoms with Gasteiger partial charge in [-0.1, -0.05) is 18.1 Å². The Hall–Kier alpha value is -0.920. The van der Waals surface area contributed by atoms with Crippen LogP contribution in [0.25, 0.3) is 0 Å². The van der Waals surface area contributed by atoms with Gasteiger partial charge in [0.05, 0.1) is 5.71 Å². The monoisotopic (exact) mass is 274 g/mol. The summed E-state index contributed by atoms with van der Waals surface area (Å²) in [7, 11) is -3.37. The van der Waals surface area contributed by atoms with Crippen molar-refractivity contribution in [3.8, 4) is 0 Å². The van der Waals surface area contributed by atoms with E-state index in [4.69, 9.17) is 5.21 Å². The molecule has 0 radical (unpaired) electrons. The molecule has 0 aliphatic carbocycles. The molecule has 0 aromatic carbocycles. The Bertz CT molecular complexity index is 508. The van der Waals surface area contributed by atoms with Gasteiger partial charge < -0.3 is 5.21 Å². The van der Waals surface area contributed by atoms with Crippen LogP contribution >= 0.6 is 11.3 Å². The van der Waals surface area contributed by atoms with E-state index >= 15 is 0 Å². The van der Waals surface area contributed by atoms with Crippen LogP contribution in [-0.4, -0.2) is 36.7 Å². The largest absolute Gasteiger partial charge is 0.411 e.